The third-order valence-electron chi connectivity index (χ3n) is 2.35. The molecule has 1 saturated heterocycles. The lowest BCUT2D eigenvalue weighted by Gasteiger charge is -2.14. The number of hydrogen-bond donors (Lipinski definition) is 2. The van der Waals surface area contributed by atoms with Crippen LogP contribution in [0.1, 0.15) is 10.4 Å². The second-order valence-electron chi connectivity index (χ2n) is 3.72. The largest absolute Gasteiger partial charge is 0.347 e. The first kappa shape index (κ1) is 14.0. The van der Waals surface area contributed by atoms with Gasteiger partial charge < -0.3 is 5.32 Å². The van der Waals surface area contributed by atoms with E-state index in [0.717, 1.165) is 5.06 Å². The first-order chi connectivity index (χ1) is 9.56. The zero-order valence-corrected chi connectivity index (χ0v) is 10.8. The second-order valence-corrected chi connectivity index (χ2v) is 4.16. The highest BCUT2D eigenvalue weighted by molar-refractivity contribution is 6.30. The van der Waals surface area contributed by atoms with Gasteiger partial charge >= 0.3 is 0 Å². The molecule has 0 bridgehead atoms. The number of guanidine groups is 1. The zero-order valence-electron chi connectivity index (χ0n) is 10.1. The molecule has 1 amide bonds. The molecule has 2 rings (SSSR count). The molecule has 0 aliphatic carbocycles. The van der Waals surface area contributed by atoms with E-state index in [1.165, 1.54) is 6.07 Å². The normalized spacial score (nSPS) is 16.1. The van der Waals surface area contributed by atoms with Gasteiger partial charge in [0, 0.05) is 17.1 Å². The number of carbonyl (C=O) groups excluding carboxylic acids is 1. The molecule has 0 aromatic heterocycles. The number of hydrazone groups is 1. The van der Waals surface area contributed by atoms with E-state index in [2.05, 4.69) is 15.9 Å². The lowest BCUT2D eigenvalue weighted by Crippen LogP contribution is -2.38. The van der Waals surface area contributed by atoms with E-state index in [0.29, 0.717) is 23.7 Å². The summed E-state index contributed by atoms with van der Waals surface area (Å²) in [7, 11) is 0. The molecule has 1 aromatic carbocycles. The third-order valence-corrected chi connectivity index (χ3v) is 2.58. The SMILES string of the molecule is O=C(NON1CCNC1=N[N+](=O)[O-])c1cccc(Cl)c1. The van der Waals surface area contributed by atoms with Crippen LogP contribution in [0.15, 0.2) is 29.4 Å². The van der Waals surface area contributed by atoms with Gasteiger partial charge in [-0.05, 0) is 18.2 Å². The molecule has 2 N–H and O–H groups in total. The van der Waals surface area contributed by atoms with Crippen LogP contribution in [0.3, 0.4) is 0 Å². The van der Waals surface area contributed by atoms with Crippen LogP contribution < -0.4 is 10.8 Å². The van der Waals surface area contributed by atoms with Crippen LogP contribution in [-0.4, -0.2) is 35.1 Å². The van der Waals surface area contributed by atoms with Gasteiger partial charge in [0.05, 0.1) is 6.54 Å². The van der Waals surface area contributed by atoms with Crippen molar-refractivity contribution in [2.75, 3.05) is 13.1 Å². The summed E-state index contributed by atoms with van der Waals surface area (Å²) < 4.78 is 0. The number of hydrogen-bond acceptors (Lipinski definition) is 4. The van der Waals surface area contributed by atoms with Crippen molar-refractivity contribution in [2.24, 2.45) is 5.10 Å². The maximum absolute atomic E-state index is 11.8. The molecule has 10 heteroatoms. The Hall–Kier alpha value is -2.39. The number of halogens is 1. The fraction of sp³-hybridized carbons (Fsp3) is 0.200. The van der Waals surface area contributed by atoms with E-state index in [9.17, 15) is 14.9 Å². The summed E-state index contributed by atoms with van der Waals surface area (Å²) in [5, 5.41) is 16.6. The predicted molar refractivity (Wildman–Crippen MR) is 69.1 cm³/mol. The van der Waals surface area contributed by atoms with Crippen molar-refractivity contribution in [3.05, 3.63) is 45.0 Å². The number of benzene rings is 1. The Labute approximate surface area is 118 Å². The number of hydroxylamine groups is 3. The fourth-order valence-electron chi connectivity index (χ4n) is 1.50. The third kappa shape index (κ3) is 3.56. The van der Waals surface area contributed by atoms with E-state index in [1.54, 1.807) is 18.2 Å². The van der Waals surface area contributed by atoms with Crippen molar-refractivity contribution in [1.82, 2.24) is 15.9 Å². The summed E-state index contributed by atoms with van der Waals surface area (Å²) in [6, 6.07) is 6.27. The Kier molecular flexibility index (Phi) is 4.33. The molecular weight excluding hydrogens is 290 g/mol. The van der Waals surface area contributed by atoms with Gasteiger partial charge in [0.1, 0.15) is 5.10 Å². The van der Waals surface area contributed by atoms with Gasteiger partial charge in [-0.15, -0.1) is 4.94 Å². The highest BCUT2D eigenvalue weighted by atomic mass is 35.5. The second kappa shape index (κ2) is 6.17. The Morgan fingerprint density at radius 3 is 3.10 bits per heavy atom. The zero-order chi connectivity index (χ0) is 14.5. The minimum atomic E-state index is -0.858. The number of nitrogens with zero attached hydrogens (tertiary/aromatic N) is 3. The maximum Gasteiger partial charge on any atom is 0.297 e. The van der Waals surface area contributed by atoms with Gasteiger partial charge in [-0.2, -0.15) is 5.06 Å². The summed E-state index contributed by atoms with van der Waals surface area (Å²) in [4.78, 5) is 27.0. The molecule has 0 unspecified atom stereocenters. The molecule has 0 atom stereocenters. The van der Waals surface area contributed by atoms with E-state index < -0.39 is 10.9 Å². The first-order valence-electron chi connectivity index (χ1n) is 5.53. The van der Waals surface area contributed by atoms with Gasteiger partial charge in [0.25, 0.3) is 11.9 Å². The van der Waals surface area contributed by atoms with Crippen molar-refractivity contribution in [3.8, 4) is 0 Å². The molecule has 106 valence electrons. The molecule has 20 heavy (non-hydrogen) atoms. The van der Waals surface area contributed by atoms with Crippen LogP contribution in [0.5, 0.6) is 0 Å². The van der Waals surface area contributed by atoms with Gasteiger partial charge in [-0.1, -0.05) is 17.7 Å². The minimum Gasteiger partial charge on any atom is -0.347 e. The van der Waals surface area contributed by atoms with Crippen LogP contribution in [0.25, 0.3) is 0 Å². The Balaban J connectivity index is 1.95. The lowest BCUT2D eigenvalue weighted by molar-refractivity contribution is -0.486. The monoisotopic (exact) mass is 299 g/mol. The van der Waals surface area contributed by atoms with Crippen LogP contribution in [-0.2, 0) is 4.94 Å². The van der Waals surface area contributed by atoms with Crippen LogP contribution in [0.4, 0.5) is 0 Å². The quantitative estimate of drug-likeness (QED) is 0.614. The molecule has 0 radical (unpaired) electrons. The lowest BCUT2D eigenvalue weighted by atomic mass is 10.2. The van der Waals surface area contributed by atoms with Crippen molar-refractivity contribution < 1.29 is 14.8 Å². The Morgan fingerprint density at radius 1 is 1.60 bits per heavy atom. The number of carbonyl (C=O) groups is 1. The molecule has 1 heterocycles. The highest BCUT2D eigenvalue weighted by Gasteiger charge is 2.23. The Bertz CT molecular complexity index is 564. The van der Waals surface area contributed by atoms with Crippen molar-refractivity contribution in [2.45, 2.75) is 0 Å². The van der Waals surface area contributed by atoms with Gasteiger partial charge in [-0.25, -0.2) is 15.6 Å². The Morgan fingerprint density at radius 2 is 2.40 bits per heavy atom. The first-order valence-corrected chi connectivity index (χ1v) is 5.91. The molecule has 1 aromatic rings. The summed E-state index contributed by atoms with van der Waals surface area (Å²) >= 11 is 5.76. The summed E-state index contributed by atoms with van der Waals surface area (Å²) in [5.74, 6) is -0.610. The van der Waals surface area contributed by atoms with E-state index >= 15 is 0 Å². The average Bonchev–Trinajstić information content (AvgIpc) is 2.82. The molecule has 1 aliphatic rings. The topological polar surface area (TPSA) is 109 Å². The van der Waals surface area contributed by atoms with E-state index in [1.807, 2.05) is 0 Å². The van der Waals surface area contributed by atoms with Gasteiger partial charge in [-0.3, -0.25) is 4.79 Å². The van der Waals surface area contributed by atoms with E-state index in [4.69, 9.17) is 16.5 Å². The molecular formula is C10H10ClN5O4. The van der Waals surface area contributed by atoms with Crippen LogP contribution >= 0.6 is 11.6 Å². The predicted octanol–water partition coefficient (Wildman–Crippen LogP) is 0.369. The van der Waals surface area contributed by atoms with Crippen molar-refractivity contribution in [3.63, 3.8) is 0 Å². The molecule has 1 aliphatic heterocycles. The maximum atomic E-state index is 11.8. The smallest absolute Gasteiger partial charge is 0.297 e. The van der Waals surface area contributed by atoms with Crippen molar-refractivity contribution >= 4 is 23.5 Å². The minimum absolute atomic E-state index is 0.0820. The van der Waals surface area contributed by atoms with Gasteiger partial charge in [0.15, 0.2) is 5.03 Å². The number of nitrogens with one attached hydrogen (secondary N) is 2. The summed E-state index contributed by atoms with van der Waals surface area (Å²) in [5.41, 5.74) is 2.46. The van der Waals surface area contributed by atoms with Crippen LogP contribution in [0, 0.1) is 10.1 Å². The molecule has 0 spiro atoms. The molecule has 0 saturated carbocycles. The highest BCUT2D eigenvalue weighted by Crippen LogP contribution is 2.10. The molecule has 1 fully saturated rings. The summed E-state index contributed by atoms with van der Waals surface area (Å²) in [6.45, 7) is 0.724. The summed E-state index contributed by atoms with van der Waals surface area (Å²) in [6.07, 6.45) is 0. The van der Waals surface area contributed by atoms with Gasteiger partial charge in [0.2, 0.25) is 0 Å². The van der Waals surface area contributed by atoms with Crippen molar-refractivity contribution in [1.29, 1.82) is 0 Å². The number of amides is 1. The average molecular weight is 300 g/mol. The number of nitro groups is 1. The fourth-order valence-corrected chi connectivity index (χ4v) is 1.69. The molecule has 9 nitrogen and oxygen atoms in total. The van der Waals surface area contributed by atoms with E-state index in [-0.39, 0.29) is 5.96 Å². The number of rotatable bonds is 4. The van der Waals surface area contributed by atoms with Crippen LogP contribution in [0.2, 0.25) is 5.02 Å². The standard InChI is InChI=1S/C10H10ClN5O4/c11-8-3-1-2-7(6-8)9(17)14-20-15-5-4-12-10(15)13-16(18)19/h1-3,6H,4-5H2,(H,12,13)(H,14,17).